The molecule has 34 heavy (non-hydrogen) atoms. The number of benzene rings is 1. The number of nitrogens with zero attached hydrogens (tertiary/aromatic N) is 2. The topological polar surface area (TPSA) is 83.2 Å². The van der Waals surface area contributed by atoms with Gasteiger partial charge in [0.15, 0.2) is 17.2 Å². The molecule has 1 aromatic heterocycles. The van der Waals surface area contributed by atoms with Crippen molar-refractivity contribution in [2.75, 3.05) is 7.11 Å². The third kappa shape index (κ3) is 3.62. The fourth-order valence-electron chi connectivity index (χ4n) is 6.92. The second-order valence-electron chi connectivity index (χ2n) is 10.5. The maximum Gasteiger partial charge on any atom is 0.363 e. The number of aliphatic imine (C=N–C) groups is 1. The summed E-state index contributed by atoms with van der Waals surface area (Å²) >= 11 is 0. The molecule has 4 bridgehead atoms. The van der Waals surface area contributed by atoms with Gasteiger partial charge in [-0.1, -0.05) is 11.2 Å². The Morgan fingerprint density at radius 1 is 1.09 bits per heavy atom. The number of rotatable bonds is 6. The lowest BCUT2D eigenvalue weighted by Crippen LogP contribution is -2.50. The van der Waals surface area contributed by atoms with E-state index in [-0.39, 0.29) is 11.4 Å². The van der Waals surface area contributed by atoms with Crippen LogP contribution in [-0.2, 0) is 16.1 Å². The van der Waals surface area contributed by atoms with E-state index in [0.717, 1.165) is 59.6 Å². The number of methoxy groups -OCH3 is 1. The number of ether oxygens (including phenoxy) is 3. The third-order valence-electron chi connectivity index (χ3n) is 8.16. The molecule has 0 atom stereocenters. The monoisotopic (exact) mass is 462 g/mol. The normalized spacial score (nSPS) is 30.6. The molecular formula is C27H30N2O5. The van der Waals surface area contributed by atoms with Crippen molar-refractivity contribution in [1.82, 2.24) is 5.16 Å². The molecule has 4 fully saturated rings. The van der Waals surface area contributed by atoms with Crippen LogP contribution in [0.3, 0.4) is 0 Å². The summed E-state index contributed by atoms with van der Waals surface area (Å²) in [5.74, 6) is 4.53. The Labute approximate surface area is 199 Å². The van der Waals surface area contributed by atoms with E-state index in [1.807, 2.05) is 32.0 Å². The van der Waals surface area contributed by atoms with Gasteiger partial charge in [0.2, 0.25) is 5.90 Å². The Balaban J connectivity index is 1.23. The number of carbonyl (C=O) groups excluding carboxylic acids is 1. The van der Waals surface area contributed by atoms with E-state index in [1.165, 1.54) is 19.3 Å². The zero-order valence-corrected chi connectivity index (χ0v) is 19.9. The summed E-state index contributed by atoms with van der Waals surface area (Å²) in [5.41, 5.74) is 2.87. The van der Waals surface area contributed by atoms with Crippen LogP contribution in [0.2, 0.25) is 0 Å². The van der Waals surface area contributed by atoms with Crippen molar-refractivity contribution in [1.29, 1.82) is 0 Å². The molecule has 7 nitrogen and oxygen atoms in total. The summed E-state index contributed by atoms with van der Waals surface area (Å²) in [6, 6.07) is 5.58. The van der Waals surface area contributed by atoms with Gasteiger partial charge in [-0.05, 0) is 93.9 Å². The number of cyclic esters (lactones) is 1. The van der Waals surface area contributed by atoms with E-state index >= 15 is 0 Å². The average Bonchev–Trinajstić information content (AvgIpc) is 3.33. The predicted octanol–water partition coefficient (Wildman–Crippen LogP) is 5.39. The number of hydrogen-bond acceptors (Lipinski definition) is 7. The van der Waals surface area contributed by atoms with Crippen LogP contribution in [0, 0.1) is 37.0 Å². The van der Waals surface area contributed by atoms with Crippen molar-refractivity contribution in [2.24, 2.45) is 28.2 Å². The highest BCUT2D eigenvalue weighted by atomic mass is 16.6. The van der Waals surface area contributed by atoms with Crippen LogP contribution in [-0.4, -0.2) is 24.1 Å². The molecule has 0 spiro atoms. The van der Waals surface area contributed by atoms with Crippen LogP contribution >= 0.6 is 0 Å². The zero-order valence-electron chi connectivity index (χ0n) is 19.9. The van der Waals surface area contributed by atoms with Crippen LogP contribution in [0.15, 0.2) is 33.4 Å². The first kappa shape index (κ1) is 21.4. The molecule has 178 valence electrons. The van der Waals surface area contributed by atoms with Crippen molar-refractivity contribution in [3.05, 3.63) is 46.5 Å². The van der Waals surface area contributed by atoms with E-state index in [4.69, 9.17) is 23.7 Å². The molecular weight excluding hydrogens is 432 g/mol. The Bertz CT molecular complexity index is 1150. The number of hydrogen-bond donors (Lipinski definition) is 0. The van der Waals surface area contributed by atoms with Gasteiger partial charge in [0.05, 0.1) is 18.4 Å². The molecule has 1 aromatic carbocycles. The van der Waals surface area contributed by atoms with Crippen LogP contribution in [0.4, 0.5) is 0 Å². The minimum atomic E-state index is -0.358. The molecule has 2 heterocycles. The Kier molecular flexibility index (Phi) is 5.04. The molecule has 0 unspecified atom stereocenters. The highest BCUT2D eigenvalue weighted by Crippen LogP contribution is 2.61. The smallest absolute Gasteiger partial charge is 0.363 e. The van der Waals surface area contributed by atoms with Gasteiger partial charge < -0.3 is 18.7 Å². The lowest BCUT2D eigenvalue weighted by atomic mass is 9.49. The SMILES string of the molecule is COc1cc(/C=C2\N=C(C34CC5CC(CC(C5)C3)C4)OC2=O)ccc1OCc1c(C)noc1C. The van der Waals surface area contributed by atoms with Crippen LogP contribution < -0.4 is 9.47 Å². The maximum absolute atomic E-state index is 12.7. The van der Waals surface area contributed by atoms with Gasteiger partial charge in [-0.15, -0.1) is 0 Å². The van der Waals surface area contributed by atoms with Crippen molar-refractivity contribution >= 4 is 17.9 Å². The minimum absolute atomic E-state index is 0.0341. The summed E-state index contributed by atoms with van der Waals surface area (Å²) in [6.45, 7) is 4.09. The molecule has 0 saturated heterocycles. The quantitative estimate of drug-likeness (QED) is 0.423. The van der Waals surface area contributed by atoms with Gasteiger partial charge in [0.1, 0.15) is 12.4 Å². The van der Waals surface area contributed by atoms with Gasteiger partial charge in [-0.2, -0.15) is 0 Å². The standard InChI is InChI=1S/C27H30N2O5/c1-15-21(16(2)34-29-15)14-32-23-5-4-17(10-24(23)31-3)9-22-25(30)33-26(28-22)27-11-18-6-19(12-27)8-20(7-18)13-27/h4-5,9-10,18-20H,6-8,11-14H2,1-3H3/b22-9-. The Morgan fingerprint density at radius 2 is 1.79 bits per heavy atom. The fraction of sp³-hybridized carbons (Fsp3) is 0.519. The maximum atomic E-state index is 12.7. The number of aromatic nitrogens is 1. The molecule has 7 rings (SSSR count). The third-order valence-corrected chi connectivity index (χ3v) is 8.16. The lowest BCUT2D eigenvalue weighted by Gasteiger charge is -2.55. The van der Waals surface area contributed by atoms with Crippen molar-refractivity contribution in [2.45, 2.75) is 59.0 Å². The average molecular weight is 463 g/mol. The summed E-state index contributed by atoms with van der Waals surface area (Å²) in [4.78, 5) is 17.5. The minimum Gasteiger partial charge on any atom is -0.493 e. The highest BCUT2D eigenvalue weighted by Gasteiger charge is 2.55. The zero-order chi connectivity index (χ0) is 23.4. The molecule has 2 aromatic rings. The summed E-state index contributed by atoms with van der Waals surface area (Å²) in [7, 11) is 1.60. The van der Waals surface area contributed by atoms with Gasteiger partial charge in [-0.3, -0.25) is 0 Å². The first-order chi connectivity index (χ1) is 16.4. The van der Waals surface area contributed by atoms with Gasteiger partial charge >= 0.3 is 5.97 Å². The van der Waals surface area contributed by atoms with Gasteiger partial charge in [-0.25, -0.2) is 9.79 Å². The van der Waals surface area contributed by atoms with Crippen LogP contribution in [0.25, 0.3) is 6.08 Å². The summed E-state index contributed by atoms with van der Waals surface area (Å²) in [5, 5.41) is 3.96. The van der Waals surface area contributed by atoms with Crippen LogP contribution in [0.5, 0.6) is 11.5 Å². The van der Waals surface area contributed by atoms with Crippen LogP contribution in [0.1, 0.15) is 61.1 Å². The number of carbonyl (C=O) groups is 1. The van der Waals surface area contributed by atoms with Crippen molar-refractivity contribution in [3.63, 3.8) is 0 Å². The highest BCUT2D eigenvalue weighted by molar-refractivity contribution is 6.09. The Morgan fingerprint density at radius 3 is 2.41 bits per heavy atom. The van der Waals surface area contributed by atoms with E-state index in [9.17, 15) is 4.79 Å². The second kappa shape index (κ2) is 8.00. The Hall–Kier alpha value is -3.09. The molecule has 4 aliphatic carbocycles. The summed E-state index contributed by atoms with van der Waals surface area (Å²) < 4.78 is 22.5. The predicted molar refractivity (Wildman–Crippen MR) is 125 cm³/mol. The van der Waals surface area contributed by atoms with Crippen molar-refractivity contribution in [3.8, 4) is 11.5 Å². The first-order valence-electron chi connectivity index (χ1n) is 12.2. The lowest BCUT2D eigenvalue weighted by molar-refractivity contribution is -0.131. The number of aryl methyl sites for hydroxylation is 2. The van der Waals surface area contributed by atoms with E-state index in [2.05, 4.69) is 5.16 Å². The molecule has 4 saturated carbocycles. The molecule has 7 heteroatoms. The molecule has 0 amide bonds. The molecule has 0 N–H and O–H groups in total. The van der Waals surface area contributed by atoms with Crippen molar-refractivity contribution < 1.29 is 23.5 Å². The largest absolute Gasteiger partial charge is 0.493 e. The molecule has 0 radical (unpaired) electrons. The first-order valence-corrected chi connectivity index (χ1v) is 12.2. The van der Waals surface area contributed by atoms with E-state index in [1.54, 1.807) is 13.2 Å². The molecule has 1 aliphatic heterocycles. The van der Waals surface area contributed by atoms with E-state index in [0.29, 0.717) is 29.7 Å². The molecule has 5 aliphatic rings. The van der Waals surface area contributed by atoms with E-state index < -0.39 is 0 Å². The van der Waals surface area contributed by atoms with Gasteiger partial charge in [0.25, 0.3) is 0 Å². The fourth-order valence-corrected chi connectivity index (χ4v) is 6.92. The second-order valence-corrected chi connectivity index (χ2v) is 10.5. The van der Waals surface area contributed by atoms with Gasteiger partial charge in [0, 0.05) is 5.41 Å². The number of esters is 1. The summed E-state index contributed by atoms with van der Waals surface area (Å²) in [6.07, 6.45) is 9.14.